The lowest BCUT2D eigenvalue weighted by molar-refractivity contribution is -0.159. The van der Waals surface area contributed by atoms with Crippen LogP contribution in [0.4, 0.5) is 0 Å². The van der Waals surface area contributed by atoms with E-state index < -0.39 is 11.9 Å². The number of hydrogen-bond acceptors (Lipinski definition) is 5. The van der Waals surface area contributed by atoms with Crippen molar-refractivity contribution in [1.82, 2.24) is 4.90 Å². The van der Waals surface area contributed by atoms with Gasteiger partial charge in [-0.05, 0) is 56.6 Å². The number of carboxylic acids is 2. The predicted octanol–water partition coefficient (Wildman–Crippen LogP) is 3.33. The number of piperidine rings is 1. The monoisotopic (exact) mass is 413 g/mol. The van der Waals surface area contributed by atoms with E-state index in [1.54, 1.807) is 0 Å². The van der Waals surface area contributed by atoms with Crippen molar-refractivity contribution in [3.05, 3.63) is 65.7 Å². The Kier molecular flexibility index (Phi) is 9.54. The van der Waals surface area contributed by atoms with Crippen LogP contribution < -0.4 is 4.74 Å². The van der Waals surface area contributed by atoms with Crippen molar-refractivity contribution in [2.45, 2.75) is 25.7 Å². The quantitative estimate of drug-likeness (QED) is 0.408. The van der Waals surface area contributed by atoms with Gasteiger partial charge in [0, 0.05) is 17.7 Å². The number of ketones is 1. The van der Waals surface area contributed by atoms with E-state index in [0.717, 1.165) is 25.3 Å². The number of carbonyl (C=O) groups is 3. The Balaban J connectivity index is 0.000000469. The second-order valence-electron chi connectivity index (χ2n) is 6.93. The Morgan fingerprint density at radius 2 is 1.37 bits per heavy atom. The molecule has 1 aliphatic heterocycles. The Morgan fingerprint density at radius 1 is 0.800 bits per heavy atom. The maximum atomic E-state index is 12.3. The number of nitrogens with zero attached hydrogens (tertiary/aromatic N) is 1. The Labute approximate surface area is 175 Å². The highest BCUT2D eigenvalue weighted by molar-refractivity contribution is 6.27. The summed E-state index contributed by atoms with van der Waals surface area (Å²) in [7, 11) is 0. The molecule has 2 N–H and O–H groups in total. The average molecular weight is 413 g/mol. The number of carbonyl (C=O) groups excluding carboxylic acids is 1. The number of likely N-dealkylation sites (tertiary alicyclic amines) is 1. The fourth-order valence-electron chi connectivity index (χ4n) is 3.12. The first-order valence-corrected chi connectivity index (χ1v) is 9.98. The second-order valence-corrected chi connectivity index (χ2v) is 6.93. The first-order valence-electron chi connectivity index (χ1n) is 9.98. The van der Waals surface area contributed by atoms with Crippen molar-refractivity contribution in [2.75, 3.05) is 26.2 Å². The molecule has 1 heterocycles. The molecule has 2 aromatic rings. The van der Waals surface area contributed by atoms with Gasteiger partial charge in [0.05, 0.1) is 6.61 Å². The molecule has 7 nitrogen and oxygen atoms in total. The summed E-state index contributed by atoms with van der Waals surface area (Å²) in [6.07, 6.45) is 5.08. The lowest BCUT2D eigenvalue weighted by Gasteiger charge is -2.26. The summed E-state index contributed by atoms with van der Waals surface area (Å²) in [4.78, 5) is 33.1. The Hall–Kier alpha value is -3.19. The largest absolute Gasteiger partial charge is 0.494 e. The molecule has 160 valence electrons. The molecule has 0 spiro atoms. The average Bonchev–Trinajstić information content (AvgIpc) is 2.78. The zero-order chi connectivity index (χ0) is 21.8. The summed E-state index contributed by atoms with van der Waals surface area (Å²) in [5.41, 5.74) is 1.41. The van der Waals surface area contributed by atoms with Crippen LogP contribution in [0.15, 0.2) is 54.6 Å². The molecule has 0 atom stereocenters. The topological polar surface area (TPSA) is 104 Å². The fourth-order valence-corrected chi connectivity index (χ4v) is 3.12. The number of hydrogen-bond donors (Lipinski definition) is 2. The summed E-state index contributed by atoms with van der Waals surface area (Å²) in [5, 5.41) is 14.8. The van der Waals surface area contributed by atoms with E-state index in [1.165, 1.54) is 32.4 Å². The van der Waals surface area contributed by atoms with Crippen LogP contribution in [0.3, 0.4) is 0 Å². The van der Waals surface area contributed by atoms with Gasteiger partial charge in [0.25, 0.3) is 0 Å². The van der Waals surface area contributed by atoms with Gasteiger partial charge in [-0.1, -0.05) is 36.8 Å². The van der Waals surface area contributed by atoms with Crippen LogP contribution in [0.1, 0.15) is 41.6 Å². The van der Waals surface area contributed by atoms with E-state index in [9.17, 15) is 4.79 Å². The van der Waals surface area contributed by atoms with Crippen molar-refractivity contribution in [3.63, 3.8) is 0 Å². The lowest BCUT2D eigenvalue weighted by atomic mass is 10.0. The summed E-state index contributed by atoms with van der Waals surface area (Å²) >= 11 is 0. The zero-order valence-electron chi connectivity index (χ0n) is 16.8. The van der Waals surface area contributed by atoms with E-state index in [1.807, 2.05) is 54.6 Å². The van der Waals surface area contributed by atoms with Gasteiger partial charge in [0.15, 0.2) is 5.78 Å². The summed E-state index contributed by atoms with van der Waals surface area (Å²) in [5.74, 6) is -2.77. The first-order chi connectivity index (χ1) is 14.5. The van der Waals surface area contributed by atoms with Crippen LogP contribution in [0.5, 0.6) is 5.75 Å². The van der Waals surface area contributed by atoms with Gasteiger partial charge >= 0.3 is 11.9 Å². The molecule has 0 amide bonds. The van der Waals surface area contributed by atoms with E-state index >= 15 is 0 Å². The second kappa shape index (κ2) is 12.4. The van der Waals surface area contributed by atoms with Crippen molar-refractivity contribution < 1.29 is 29.3 Å². The Bertz CT molecular complexity index is 801. The minimum absolute atomic E-state index is 0.0484. The first kappa shape index (κ1) is 23.1. The number of carboxylic acid groups (broad SMARTS) is 2. The smallest absolute Gasteiger partial charge is 0.414 e. The molecule has 1 fully saturated rings. The molecule has 1 aliphatic rings. The molecule has 3 rings (SSSR count). The van der Waals surface area contributed by atoms with Gasteiger partial charge in [-0.25, -0.2) is 9.59 Å². The molecule has 7 heteroatoms. The highest BCUT2D eigenvalue weighted by Gasteiger charge is 2.10. The van der Waals surface area contributed by atoms with Gasteiger partial charge in [0.2, 0.25) is 0 Å². The minimum atomic E-state index is -1.82. The maximum absolute atomic E-state index is 12.3. The molecule has 30 heavy (non-hydrogen) atoms. The zero-order valence-corrected chi connectivity index (χ0v) is 16.8. The van der Waals surface area contributed by atoms with E-state index in [4.69, 9.17) is 24.5 Å². The third-order valence-corrected chi connectivity index (χ3v) is 4.67. The van der Waals surface area contributed by atoms with E-state index in [2.05, 4.69) is 4.90 Å². The van der Waals surface area contributed by atoms with Crippen LogP contribution in [0.2, 0.25) is 0 Å². The molecule has 0 radical (unpaired) electrons. The summed E-state index contributed by atoms with van der Waals surface area (Å²) < 4.78 is 5.80. The molecule has 2 aromatic carbocycles. The molecular formula is C23H27NO6. The molecule has 1 saturated heterocycles. The van der Waals surface area contributed by atoms with Gasteiger partial charge in [-0.15, -0.1) is 0 Å². The molecule has 0 bridgehead atoms. The van der Waals surface area contributed by atoms with Crippen LogP contribution >= 0.6 is 0 Å². The third kappa shape index (κ3) is 8.05. The number of aliphatic carboxylic acids is 2. The summed E-state index contributed by atoms with van der Waals surface area (Å²) in [6.45, 7) is 4.31. The third-order valence-electron chi connectivity index (χ3n) is 4.67. The van der Waals surface area contributed by atoms with Crippen molar-refractivity contribution >= 4 is 17.7 Å². The molecular weight excluding hydrogens is 386 g/mol. The maximum Gasteiger partial charge on any atom is 0.414 e. The fraction of sp³-hybridized carbons (Fsp3) is 0.348. The molecule has 0 aliphatic carbocycles. The lowest BCUT2D eigenvalue weighted by Crippen LogP contribution is -2.31. The van der Waals surface area contributed by atoms with E-state index in [0.29, 0.717) is 11.1 Å². The highest BCUT2D eigenvalue weighted by atomic mass is 16.5. The molecule has 0 unspecified atom stereocenters. The van der Waals surface area contributed by atoms with Crippen LogP contribution in [0, 0.1) is 0 Å². The summed E-state index contributed by atoms with van der Waals surface area (Å²) in [6, 6.07) is 16.8. The molecule has 0 saturated carbocycles. The van der Waals surface area contributed by atoms with Crippen LogP contribution in [-0.4, -0.2) is 59.1 Å². The SMILES string of the molecule is O=C(O)C(=O)O.O=C(c1ccccc1)c1ccc(OCCCN2CCCCC2)cc1. The van der Waals surface area contributed by atoms with Gasteiger partial charge in [0.1, 0.15) is 5.75 Å². The van der Waals surface area contributed by atoms with Gasteiger partial charge < -0.3 is 19.8 Å². The van der Waals surface area contributed by atoms with Crippen LogP contribution in [-0.2, 0) is 9.59 Å². The van der Waals surface area contributed by atoms with Crippen molar-refractivity contribution in [3.8, 4) is 5.75 Å². The van der Waals surface area contributed by atoms with Crippen molar-refractivity contribution in [2.24, 2.45) is 0 Å². The van der Waals surface area contributed by atoms with Crippen LogP contribution in [0.25, 0.3) is 0 Å². The standard InChI is InChI=1S/C21H25NO2.C2H2O4/c23-21(18-8-3-1-4-9-18)19-10-12-20(13-11-19)24-17-7-16-22-14-5-2-6-15-22;3-1(4)2(5)6/h1,3-4,8-13H,2,5-7,14-17H2;(H,3,4)(H,5,6). The Morgan fingerprint density at radius 3 is 1.93 bits per heavy atom. The molecule has 0 aromatic heterocycles. The minimum Gasteiger partial charge on any atom is -0.494 e. The van der Waals surface area contributed by atoms with Gasteiger partial charge in [-0.2, -0.15) is 0 Å². The van der Waals surface area contributed by atoms with Gasteiger partial charge in [-0.3, -0.25) is 4.79 Å². The number of ether oxygens (including phenoxy) is 1. The highest BCUT2D eigenvalue weighted by Crippen LogP contribution is 2.16. The predicted molar refractivity (Wildman–Crippen MR) is 112 cm³/mol. The number of rotatable bonds is 7. The number of benzene rings is 2. The van der Waals surface area contributed by atoms with Crippen molar-refractivity contribution in [1.29, 1.82) is 0 Å². The normalized spacial score (nSPS) is 13.6. The van der Waals surface area contributed by atoms with E-state index in [-0.39, 0.29) is 5.78 Å².